The van der Waals surface area contributed by atoms with E-state index in [0.717, 1.165) is 35.2 Å². The fraction of sp³-hybridized carbons (Fsp3) is 0.312. The Morgan fingerprint density at radius 3 is 2.71 bits per heavy atom. The molecule has 0 atom stereocenters. The standard InChI is InChI=1S/C16H18BrClN2O/c1-3-13-7-11(10-19-4-2)8-16(20-13)21-15-6-5-12(17)9-14(15)18/h5-9,19H,3-4,10H2,1-2H3. The van der Waals surface area contributed by atoms with Gasteiger partial charge in [0.25, 0.3) is 0 Å². The Morgan fingerprint density at radius 1 is 1.24 bits per heavy atom. The zero-order valence-electron chi connectivity index (χ0n) is 12.1. The predicted octanol–water partition coefficient (Wildman–Crippen LogP) is 4.96. The molecule has 0 saturated carbocycles. The van der Waals surface area contributed by atoms with E-state index >= 15 is 0 Å². The summed E-state index contributed by atoms with van der Waals surface area (Å²) in [6.45, 7) is 5.89. The second kappa shape index (κ2) is 7.78. The molecule has 0 amide bonds. The molecule has 2 rings (SSSR count). The van der Waals surface area contributed by atoms with Gasteiger partial charge in [0.1, 0.15) is 5.75 Å². The van der Waals surface area contributed by atoms with Crippen molar-refractivity contribution in [3.8, 4) is 11.6 Å². The maximum atomic E-state index is 6.18. The van der Waals surface area contributed by atoms with Gasteiger partial charge < -0.3 is 10.1 Å². The van der Waals surface area contributed by atoms with Crippen LogP contribution in [-0.2, 0) is 13.0 Å². The van der Waals surface area contributed by atoms with E-state index in [-0.39, 0.29) is 0 Å². The minimum absolute atomic E-state index is 0.557. The molecule has 2 aromatic rings. The number of rotatable bonds is 6. The third kappa shape index (κ3) is 4.70. The number of benzene rings is 1. The molecule has 0 spiro atoms. The number of nitrogens with one attached hydrogen (secondary N) is 1. The number of aromatic nitrogens is 1. The van der Waals surface area contributed by atoms with E-state index in [1.54, 1.807) is 6.07 Å². The smallest absolute Gasteiger partial charge is 0.219 e. The molecular weight excluding hydrogens is 352 g/mol. The summed E-state index contributed by atoms with van der Waals surface area (Å²) in [5, 5.41) is 3.87. The molecule has 0 unspecified atom stereocenters. The van der Waals surface area contributed by atoms with Crippen molar-refractivity contribution in [3.05, 3.63) is 51.1 Å². The first-order valence-corrected chi connectivity index (χ1v) is 8.13. The van der Waals surface area contributed by atoms with Gasteiger partial charge in [0, 0.05) is 22.8 Å². The lowest BCUT2D eigenvalue weighted by molar-refractivity contribution is 0.459. The zero-order valence-corrected chi connectivity index (χ0v) is 14.5. The monoisotopic (exact) mass is 368 g/mol. The third-order valence-electron chi connectivity index (χ3n) is 2.96. The average Bonchev–Trinajstić information content (AvgIpc) is 2.48. The summed E-state index contributed by atoms with van der Waals surface area (Å²) in [5.74, 6) is 1.18. The van der Waals surface area contributed by atoms with Gasteiger partial charge >= 0.3 is 0 Å². The summed E-state index contributed by atoms with van der Waals surface area (Å²) in [7, 11) is 0. The molecule has 0 saturated heterocycles. The summed E-state index contributed by atoms with van der Waals surface area (Å²) in [6, 6.07) is 9.57. The summed E-state index contributed by atoms with van der Waals surface area (Å²) in [5.41, 5.74) is 2.17. The molecule has 112 valence electrons. The van der Waals surface area contributed by atoms with Crippen LogP contribution in [0.5, 0.6) is 11.6 Å². The maximum absolute atomic E-state index is 6.18. The predicted molar refractivity (Wildman–Crippen MR) is 90.2 cm³/mol. The van der Waals surface area contributed by atoms with Crippen LogP contribution in [0.15, 0.2) is 34.8 Å². The molecule has 21 heavy (non-hydrogen) atoms. The molecule has 1 N–H and O–H groups in total. The zero-order chi connectivity index (χ0) is 15.2. The molecule has 1 heterocycles. The van der Waals surface area contributed by atoms with Crippen molar-refractivity contribution in [2.24, 2.45) is 0 Å². The van der Waals surface area contributed by atoms with Crippen molar-refractivity contribution in [3.63, 3.8) is 0 Å². The second-order valence-corrected chi connectivity index (χ2v) is 5.94. The average molecular weight is 370 g/mol. The van der Waals surface area contributed by atoms with Crippen LogP contribution in [0, 0.1) is 0 Å². The van der Waals surface area contributed by atoms with Gasteiger partial charge in [0.05, 0.1) is 5.02 Å². The number of nitrogens with zero attached hydrogens (tertiary/aromatic N) is 1. The Bertz CT molecular complexity index is 619. The van der Waals surface area contributed by atoms with Crippen LogP contribution in [0.25, 0.3) is 0 Å². The summed E-state index contributed by atoms with van der Waals surface area (Å²) >= 11 is 9.56. The van der Waals surface area contributed by atoms with Crippen molar-refractivity contribution >= 4 is 27.5 Å². The van der Waals surface area contributed by atoms with Crippen LogP contribution >= 0.6 is 27.5 Å². The number of ether oxygens (including phenoxy) is 1. The van der Waals surface area contributed by atoms with Crippen LogP contribution in [0.4, 0.5) is 0 Å². The largest absolute Gasteiger partial charge is 0.437 e. The van der Waals surface area contributed by atoms with E-state index in [9.17, 15) is 0 Å². The molecule has 5 heteroatoms. The fourth-order valence-electron chi connectivity index (χ4n) is 1.90. The molecular formula is C16H18BrClN2O. The highest BCUT2D eigenvalue weighted by atomic mass is 79.9. The molecule has 0 bridgehead atoms. The number of aryl methyl sites for hydroxylation is 1. The van der Waals surface area contributed by atoms with E-state index in [1.165, 1.54) is 0 Å². The number of hydrogen-bond donors (Lipinski definition) is 1. The molecule has 1 aromatic carbocycles. The van der Waals surface area contributed by atoms with Crippen LogP contribution in [-0.4, -0.2) is 11.5 Å². The first kappa shape index (κ1) is 16.3. The van der Waals surface area contributed by atoms with Crippen LogP contribution in [0.1, 0.15) is 25.1 Å². The normalized spacial score (nSPS) is 10.7. The highest BCUT2D eigenvalue weighted by Gasteiger charge is 2.07. The lowest BCUT2D eigenvalue weighted by Gasteiger charge is -2.11. The van der Waals surface area contributed by atoms with Crippen LogP contribution in [0.3, 0.4) is 0 Å². The summed E-state index contributed by atoms with van der Waals surface area (Å²) in [6.07, 6.45) is 0.865. The van der Waals surface area contributed by atoms with Crippen molar-refractivity contribution in [1.82, 2.24) is 10.3 Å². The van der Waals surface area contributed by atoms with E-state index in [2.05, 4.69) is 46.1 Å². The first-order valence-electron chi connectivity index (χ1n) is 6.95. The number of hydrogen-bond acceptors (Lipinski definition) is 3. The molecule has 0 aliphatic heterocycles. The SMILES string of the molecule is CCNCc1cc(CC)nc(Oc2ccc(Br)cc2Cl)c1. The maximum Gasteiger partial charge on any atom is 0.219 e. The highest BCUT2D eigenvalue weighted by Crippen LogP contribution is 2.31. The van der Waals surface area contributed by atoms with Crippen molar-refractivity contribution in [2.45, 2.75) is 26.8 Å². The Labute approximate surface area is 138 Å². The van der Waals surface area contributed by atoms with E-state index in [4.69, 9.17) is 16.3 Å². The molecule has 3 nitrogen and oxygen atoms in total. The Hall–Kier alpha value is -1.10. The summed E-state index contributed by atoms with van der Waals surface area (Å²) in [4.78, 5) is 4.50. The molecule has 0 aliphatic rings. The van der Waals surface area contributed by atoms with E-state index in [0.29, 0.717) is 16.7 Å². The fourth-order valence-corrected chi connectivity index (χ4v) is 2.61. The van der Waals surface area contributed by atoms with Gasteiger partial charge in [-0.1, -0.05) is 41.4 Å². The minimum Gasteiger partial charge on any atom is -0.437 e. The van der Waals surface area contributed by atoms with Gasteiger partial charge in [0.15, 0.2) is 0 Å². The topological polar surface area (TPSA) is 34.2 Å². The highest BCUT2D eigenvalue weighted by molar-refractivity contribution is 9.10. The number of halogens is 2. The first-order chi connectivity index (χ1) is 10.1. The minimum atomic E-state index is 0.557. The molecule has 0 radical (unpaired) electrons. The molecule has 0 aliphatic carbocycles. The quantitative estimate of drug-likeness (QED) is 0.781. The Balaban J connectivity index is 2.25. The van der Waals surface area contributed by atoms with Crippen molar-refractivity contribution in [2.75, 3.05) is 6.54 Å². The van der Waals surface area contributed by atoms with E-state index < -0.39 is 0 Å². The summed E-state index contributed by atoms with van der Waals surface area (Å²) < 4.78 is 6.75. The van der Waals surface area contributed by atoms with Gasteiger partial charge in [-0.3, -0.25) is 0 Å². The molecule has 0 fully saturated rings. The van der Waals surface area contributed by atoms with Crippen molar-refractivity contribution < 1.29 is 4.74 Å². The van der Waals surface area contributed by atoms with E-state index in [1.807, 2.05) is 18.2 Å². The third-order valence-corrected chi connectivity index (χ3v) is 3.75. The van der Waals surface area contributed by atoms with Crippen molar-refractivity contribution in [1.29, 1.82) is 0 Å². The lowest BCUT2D eigenvalue weighted by atomic mass is 10.2. The van der Waals surface area contributed by atoms with Gasteiger partial charge in [0.2, 0.25) is 5.88 Å². The van der Waals surface area contributed by atoms with Gasteiger partial charge in [-0.15, -0.1) is 0 Å². The number of pyridine rings is 1. The van der Waals surface area contributed by atoms with Gasteiger partial charge in [-0.05, 0) is 42.8 Å². The van der Waals surface area contributed by atoms with Crippen LogP contribution in [0.2, 0.25) is 5.02 Å². The second-order valence-electron chi connectivity index (χ2n) is 4.62. The van der Waals surface area contributed by atoms with Crippen LogP contribution < -0.4 is 10.1 Å². The Kier molecular flexibility index (Phi) is 6.03. The van der Waals surface area contributed by atoms with Gasteiger partial charge in [-0.25, -0.2) is 4.98 Å². The van der Waals surface area contributed by atoms with Gasteiger partial charge in [-0.2, -0.15) is 0 Å². The molecule has 1 aromatic heterocycles. The Morgan fingerprint density at radius 2 is 2.05 bits per heavy atom. The lowest BCUT2D eigenvalue weighted by Crippen LogP contribution is -2.12.